The molecule has 3 rings (SSSR count). The Morgan fingerprint density at radius 1 is 1.26 bits per heavy atom. The topological polar surface area (TPSA) is 67.0 Å². The molecule has 2 fully saturated rings. The second-order valence-corrected chi connectivity index (χ2v) is 6.58. The Balaban J connectivity index is 0.00000192. The van der Waals surface area contributed by atoms with Gasteiger partial charge in [-0.2, -0.15) is 11.8 Å². The van der Waals surface area contributed by atoms with Crippen molar-refractivity contribution in [1.82, 2.24) is 9.88 Å². The Hall–Kier alpha value is -0.740. The number of rotatable bonds is 3. The first kappa shape index (κ1) is 18.6. The average Bonchev–Trinajstić information content (AvgIpc) is 2.61. The molecule has 0 aromatic carbocycles. The van der Waals surface area contributed by atoms with Gasteiger partial charge in [0.25, 0.3) is 0 Å². The van der Waals surface area contributed by atoms with Crippen LogP contribution in [0.3, 0.4) is 0 Å². The van der Waals surface area contributed by atoms with E-state index in [0.717, 1.165) is 62.3 Å². The van der Waals surface area contributed by atoms with E-state index >= 15 is 0 Å². The van der Waals surface area contributed by atoms with Crippen LogP contribution in [-0.4, -0.2) is 66.7 Å². The zero-order valence-electron chi connectivity index (χ0n) is 13.2. The number of thioether (sulfide) groups is 1. The van der Waals surface area contributed by atoms with Crippen LogP contribution in [0.2, 0.25) is 0 Å². The standard InChI is InChI=1S/C15H23N5OS.HI/c16-15(20-6-10-22-11-7-20)18-12-13-2-1-3-17-14(13)19-4-8-21-9-5-19;/h1-3H,4-12H2,(H2,16,18);1H. The molecule has 0 spiro atoms. The lowest BCUT2D eigenvalue weighted by Crippen LogP contribution is -2.42. The van der Waals surface area contributed by atoms with E-state index in [2.05, 4.69) is 25.8 Å². The lowest BCUT2D eigenvalue weighted by Gasteiger charge is -2.29. The molecule has 0 atom stereocenters. The third-order valence-corrected chi connectivity index (χ3v) is 4.87. The number of hydrogen-bond donors (Lipinski definition) is 1. The molecule has 0 bridgehead atoms. The summed E-state index contributed by atoms with van der Waals surface area (Å²) in [5, 5.41) is 0. The zero-order valence-corrected chi connectivity index (χ0v) is 16.3. The first-order chi connectivity index (χ1) is 10.8. The fourth-order valence-electron chi connectivity index (χ4n) is 2.67. The Labute approximate surface area is 158 Å². The summed E-state index contributed by atoms with van der Waals surface area (Å²) in [6.07, 6.45) is 1.84. The SMILES string of the molecule is I.NC(=NCc1cccnc1N1CCOCC1)N1CCSCC1. The van der Waals surface area contributed by atoms with Gasteiger partial charge in [-0.05, 0) is 6.07 Å². The first-order valence-corrected chi connectivity index (χ1v) is 8.89. The van der Waals surface area contributed by atoms with Crippen LogP contribution in [0.15, 0.2) is 23.3 Å². The fraction of sp³-hybridized carbons (Fsp3) is 0.600. The van der Waals surface area contributed by atoms with Crippen LogP contribution >= 0.6 is 35.7 Å². The number of halogens is 1. The highest BCUT2D eigenvalue weighted by Gasteiger charge is 2.16. The van der Waals surface area contributed by atoms with Crippen LogP contribution in [0.1, 0.15) is 5.56 Å². The number of anilines is 1. The molecule has 0 aliphatic carbocycles. The highest BCUT2D eigenvalue weighted by molar-refractivity contribution is 14.0. The lowest BCUT2D eigenvalue weighted by molar-refractivity contribution is 0.122. The van der Waals surface area contributed by atoms with Gasteiger partial charge in [-0.25, -0.2) is 9.98 Å². The summed E-state index contributed by atoms with van der Waals surface area (Å²) in [5.74, 6) is 3.92. The number of guanidine groups is 1. The number of aliphatic imine (C=N–C) groups is 1. The normalized spacial score (nSPS) is 19.4. The molecule has 3 heterocycles. The molecule has 2 aliphatic heterocycles. The van der Waals surface area contributed by atoms with Crippen molar-refractivity contribution >= 4 is 47.5 Å². The highest BCUT2D eigenvalue weighted by Crippen LogP contribution is 2.19. The molecule has 6 nitrogen and oxygen atoms in total. The summed E-state index contributed by atoms with van der Waals surface area (Å²) in [4.78, 5) is 13.6. The van der Waals surface area contributed by atoms with E-state index < -0.39 is 0 Å². The molecule has 2 saturated heterocycles. The van der Waals surface area contributed by atoms with Crippen LogP contribution in [0, 0.1) is 0 Å². The predicted molar refractivity (Wildman–Crippen MR) is 107 cm³/mol. The number of nitrogens with zero attached hydrogens (tertiary/aromatic N) is 4. The smallest absolute Gasteiger partial charge is 0.191 e. The molecule has 0 radical (unpaired) electrons. The first-order valence-electron chi connectivity index (χ1n) is 7.74. The van der Waals surface area contributed by atoms with Crippen LogP contribution in [0.5, 0.6) is 0 Å². The number of ether oxygens (including phenoxy) is 1. The van der Waals surface area contributed by atoms with Gasteiger partial charge < -0.3 is 20.3 Å². The van der Waals surface area contributed by atoms with Gasteiger partial charge in [0.2, 0.25) is 0 Å². The highest BCUT2D eigenvalue weighted by atomic mass is 127. The minimum atomic E-state index is 0. The monoisotopic (exact) mass is 449 g/mol. The Morgan fingerprint density at radius 3 is 2.74 bits per heavy atom. The Morgan fingerprint density at radius 2 is 2.00 bits per heavy atom. The minimum absolute atomic E-state index is 0. The summed E-state index contributed by atoms with van der Waals surface area (Å²) in [6, 6.07) is 4.04. The van der Waals surface area contributed by atoms with Gasteiger partial charge in [-0.3, -0.25) is 0 Å². The van der Waals surface area contributed by atoms with Gasteiger partial charge in [-0.15, -0.1) is 24.0 Å². The molecule has 128 valence electrons. The van der Waals surface area contributed by atoms with Crippen molar-refractivity contribution in [1.29, 1.82) is 0 Å². The summed E-state index contributed by atoms with van der Waals surface area (Å²) >= 11 is 1.97. The summed E-state index contributed by atoms with van der Waals surface area (Å²) < 4.78 is 5.41. The molecule has 1 aromatic heterocycles. The fourth-order valence-corrected chi connectivity index (χ4v) is 3.58. The summed E-state index contributed by atoms with van der Waals surface area (Å²) in [7, 11) is 0. The summed E-state index contributed by atoms with van der Waals surface area (Å²) in [6.45, 7) is 5.83. The molecular weight excluding hydrogens is 425 g/mol. The third kappa shape index (κ3) is 5.12. The van der Waals surface area contributed by atoms with Crippen LogP contribution < -0.4 is 10.6 Å². The summed E-state index contributed by atoms with van der Waals surface area (Å²) in [5.41, 5.74) is 7.26. The average molecular weight is 449 g/mol. The molecule has 8 heteroatoms. The number of hydrogen-bond acceptors (Lipinski definition) is 5. The molecule has 2 aliphatic rings. The van der Waals surface area contributed by atoms with Crippen LogP contribution in [0.25, 0.3) is 0 Å². The number of pyridine rings is 1. The zero-order chi connectivity index (χ0) is 15.2. The van der Waals surface area contributed by atoms with Gasteiger partial charge in [0.1, 0.15) is 5.82 Å². The van der Waals surface area contributed by atoms with Crippen molar-refractivity contribution in [2.75, 3.05) is 55.8 Å². The van der Waals surface area contributed by atoms with Crippen molar-refractivity contribution in [3.05, 3.63) is 23.9 Å². The van der Waals surface area contributed by atoms with Gasteiger partial charge in [0, 0.05) is 49.4 Å². The van der Waals surface area contributed by atoms with Crippen LogP contribution in [-0.2, 0) is 11.3 Å². The van der Waals surface area contributed by atoms with Crippen molar-refractivity contribution in [3.8, 4) is 0 Å². The number of morpholine rings is 1. The quantitative estimate of drug-likeness (QED) is 0.428. The molecule has 0 saturated carbocycles. The lowest BCUT2D eigenvalue weighted by atomic mass is 10.2. The van der Waals surface area contributed by atoms with E-state index in [-0.39, 0.29) is 24.0 Å². The molecular formula is C15H24IN5OS. The number of nitrogens with two attached hydrogens (primary N) is 1. The molecule has 2 N–H and O–H groups in total. The van der Waals surface area contributed by atoms with E-state index in [1.165, 1.54) is 0 Å². The second-order valence-electron chi connectivity index (χ2n) is 5.36. The van der Waals surface area contributed by atoms with E-state index in [1.54, 1.807) is 0 Å². The Kier molecular flexibility index (Phi) is 7.71. The van der Waals surface area contributed by atoms with Gasteiger partial charge in [0.05, 0.1) is 19.8 Å². The van der Waals surface area contributed by atoms with Gasteiger partial charge in [-0.1, -0.05) is 6.07 Å². The van der Waals surface area contributed by atoms with E-state index in [1.807, 2.05) is 24.0 Å². The number of aromatic nitrogens is 1. The maximum atomic E-state index is 6.14. The van der Waals surface area contributed by atoms with Gasteiger partial charge in [0.15, 0.2) is 5.96 Å². The molecule has 23 heavy (non-hydrogen) atoms. The Bertz CT molecular complexity index is 518. The molecule has 0 unspecified atom stereocenters. The molecule has 1 aromatic rings. The minimum Gasteiger partial charge on any atom is -0.378 e. The largest absolute Gasteiger partial charge is 0.378 e. The van der Waals surface area contributed by atoms with Crippen molar-refractivity contribution in [2.45, 2.75) is 6.54 Å². The maximum Gasteiger partial charge on any atom is 0.191 e. The van der Waals surface area contributed by atoms with Crippen molar-refractivity contribution in [2.24, 2.45) is 10.7 Å². The van der Waals surface area contributed by atoms with Gasteiger partial charge >= 0.3 is 0 Å². The molecule has 0 amide bonds. The predicted octanol–water partition coefficient (Wildman–Crippen LogP) is 1.40. The van der Waals surface area contributed by atoms with E-state index in [0.29, 0.717) is 12.5 Å². The van der Waals surface area contributed by atoms with Crippen LogP contribution in [0.4, 0.5) is 5.82 Å². The maximum absolute atomic E-state index is 6.14. The van der Waals surface area contributed by atoms with E-state index in [4.69, 9.17) is 10.5 Å². The van der Waals surface area contributed by atoms with Crippen molar-refractivity contribution in [3.63, 3.8) is 0 Å². The van der Waals surface area contributed by atoms with Crippen molar-refractivity contribution < 1.29 is 4.74 Å². The third-order valence-electron chi connectivity index (χ3n) is 3.92. The second kappa shape index (κ2) is 9.53. The van der Waals surface area contributed by atoms with E-state index in [9.17, 15) is 0 Å².